The minimum atomic E-state index is -0.890. The molecule has 0 radical (unpaired) electrons. The molecule has 0 aliphatic carbocycles. The van der Waals surface area contributed by atoms with Gasteiger partial charge < -0.3 is 10.1 Å². The molecule has 2 N–H and O–H groups in total. The topological polar surface area (TPSA) is 53.1 Å². The van der Waals surface area contributed by atoms with Crippen LogP contribution >= 0.6 is 0 Å². The third kappa shape index (κ3) is 2.30. The molecule has 0 saturated heterocycles. The van der Waals surface area contributed by atoms with Crippen molar-refractivity contribution in [1.29, 1.82) is 0 Å². The number of nitrogens with one attached hydrogen (secondary N) is 1. The van der Waals surface area contributed by atoms with Gasteiger partial charge in [0, 0.05) is 16.8 Å². The molecule has 0 aliphatic heterocycles. The first-order valence-electron chi connectivity index (χ1n) is 5.92. The number of carboxylic acids is 1. The Hall–Kier alpha value is -2.03. The molecule has 18 heavy (non-hydrogen) atoms. The molecular weight excluding hydrogens is 226 g/mol. The van der Waals surface area contributed by atoms with E-state index in [0.717, 1.165) is 17.0 Å². The van der Waals surface area contributed by atoms with Crippen molar-refractivity contribution in [3.05, 3.63) is 47.7 Å². The van der Waals surface area contributed by atoms with Crippen molar-refractivity contribution in [1.82, 2.24) is 4.98 Å². The van der Waals surface area contributed by atoms with Crippen LogP contribution in [-0.4, -0.2) is 16.1 Å². The fraction of sp³-hybridized carbons (Fsp3) is 0.267. The van der Waals surface area contributed by atoms with Crippen molar-refractivity contribution in [2.24, 2.45) is 0 Å². The van der Waals surface area contributed by atoms with Gasteiger partial charge in [-0.1, -0.05) is 51.1 Å². The first-order valence-corrected chi connectivity index (χ1v) is 5.92. The van der Waals surface area contributed by atoms with Gasteiger partial charge in [-0.25, -0.2) is 4.79 Å². The van der Waals surface area contributed by atoms with E-state index >= 15 is 0 Å². The Morgan fingerprint density at radius 3 is 2.22 bits per heavy atom. The van der Waals surface area contributed by atoms with E-state index in [0.29, 0.717) is 5.56 Å². The summed E-state index contributed by atoms with van der Waals surface area (Å²) in [4.78, 5) is 14.5. The predicted molar refractivity (Wildman–Crippen MR) is 71.9 cm³/mol. The normalized spacial score (nSPS) is 11.5. The standard InChI is InChI=1S/C15H17NO2/c1-15(2,3)13-11(14(17)18)9-12(16-13)10-7-5-4-6-8-10/h4-9,16H,1-3H3,(H,17,18). The van der Waals surface area contributed by atoms with Crippen LogP contribution in [0.3, 0.4) is 0 Å². The van der Waals surface area contributed by atoms with Crippen LogP contribution in [0, 0.1) is 0 Å². The molecule has 3 nitrogen and oxygen atoms in total. The third-order valence-electron chi connectivity index (χ3n) is 2.88. The Morgan fingerprint density at radius 1 is 1.17 bits per heavy atom. The Labute approximate surface area is 106 Å². The smallest absolute Gasteiger partial charge is 0.337 e. The monoisotopic (exact) mass is 243 g/mol. The van der Waals surface area contributed by atoms with Crippen molar-refractivity contribution >= 4 is 5.97 Å². The summed E-state index contributed by atoms with van der Waals surface area (Å²) in [5.41, 5.74) is 2.73. The molecule has 0 bridgehead atoms. The van der Waals surface area contributed by atoms with E-state index in [2.05, 4.69) is 4.98 Å². The third-order valence-corrected chi connectivity index (χ3v) is 2.88. The number of hydrogen-bond acceptors (Lipinski definition) is 1. The first-order chi connectivity index (χ1) is 8.39. The molecule has 0 fully saturated rings. The fourth-order valence-corrected chi connectivity index (χ4v) is 1.99. The lowest BCUT2D eigenvalue weighted by Crippen LogP contribution is -2.16. The molecular formula is C15H17NO2. The van der Waals surface area contributed by atoms with Gasteiger partial charge in [0.05, 0.1) is 5.56 Å². The maximum Gasteiger partial charge on any atom is 0.337 e. The molecule has 1 aromatic heterocycles. The number of rotatable bonds is 2. The number of aromatic amines is 1. The lowest BCUT2D eigenvalue weighted by molar-refractivity contribution is 0.0694. The van der Waals surface area contributed by atoms with Gasteiger partial charge in [-0.05, 0) is 11.6 Å². The van der Waals surface area contributed by atoms with Crippen LogP contribution in [0.4, 0.5) is 0 Å². The summed E-state index contributed by atoms with van der Waals surface area (Å²) in [7, 11) is 0. The molecule has 2 rings (SSSR count). The van der Waals surface area contributed by atoms with E-state index in [1.54, 1.807) is 6.07 Å². The zero-order chi connectivity index (χ0) is 13.3. The molecule has 0 aliphatic rings. The van der Waals surface area contributed by atoms with E-state index in [4.69, 9.17) is 0 Å². The van der Waals surface area contributed by atoms with Crippen molar-refractivity contribution in [2.75, 3.05) is 0 Å². The molecule has 0 amide bonds. The summed E-state index contributed by atoms with van der Waals surface area (Å²) < 4.78 is 0. The van der Waals surface area contributed by atoms with Crippen molar-refractivity contribution < 1.29 is 9.90 Å². The number of benzene rings is 1. The van der Waals surface area contributed by atoms with Crippen LogP contribution in [0.5, 0.6) is 0 Å². The maximum atomic E-state index is 11.3. The highest BCUT2D eigenvalue weighted by Gasteiger charge is 2.24. The van der Waals surface area contributed by atoms with Crippen LogP contribution in [0.1, 0.15) is 36.8 Å². The second-order valence-corrected chi connectivity index (χ2v) is 5.39. The molecule has 2 aromatic rings. The zero-order valence-electron chi connectivity index (χ0n) is 10.8. The first kappa shape index (κ1) is 12.4. The Balaban J connectivity index is 2.57. The average Bonchev–Trinajstić information content (AvgIpc) is 2.74. The molecule has 94 valence electrons. The fourth-order valence-electron chi connectivity index (χ4n) is 1.99. The van der Waals surface area contributed by atoms with Crippen LogP contribution in [-0.2, 0) is 5.41 Å². The lowest BCUT2D eigenvalue weighted by Gasteiger charge is -2.17. The molecule has 3 heteroatoms. The molecule has 0 unspecified atom stereocenters. The van der Waals surface area contributed by atoms with Gasteiger partial charge in [0.1, 0.15) is 0 Å². The van der Waals surface area contributed by atoms with Crippen molar-refractivity contribution in [3.63, 3.8) is 0 Å². The maximum absolute atomic E-state index is 11.3. The quantitative estimate of drug-likeness (QED) is 0.845. The van der Waals surface area contributed by atoms with Gasteiger partial charge in [-0.3, -0.25) is 0 Å². The molecule has 0 spiro atoms. The van der Waals surface area contributed by atoms with Gasteiger partial charge in [0.15, 0.2) is 0 Å². The second-order valence-electron chi connectivity index (χ2n) is 5.39. The van der Waals surface area contributed by atoms with E-state index in [1.807, 2.05) is 51.1 Å². The highest BCUT2D eigenvalue weighted by atomic mass is 16.4. The van der Waals surface area contributed by atoms with E-state index < -0.39 is 5.97 Å². The van der Waals surface area contributed by atoms with E-state index in [-0.39, 0.29) is 5.41 Å². The number of hydrogen-bond donors (Lipinski definition) is 2. The average molecular weight is 243 g/mol. The van der Waals surface area contributed by atoms with Gasteiger partial charge in [-0.15, -0.1) is 0 Å². The summed E-state index contributed by atoms with van der Waals surface area (Å²) in [6.07, 6.45) is 0. The zero-order valence-corrected chi connectivity index (χ0v) is 10.8. The van der Waals surface area contributed by atoms with Crippen molar-refractivity contribution in [3.8, 4) is 11.3 Å². The minimum Gasteiger partial charge on any atom is -0.478 e. The minimum absolute atomic E-state index is 0.221. The molecule has 1 heterocycles. The number of carboxylic acid groups (broad SMARTS) is 1. The van der Waals surface area contributed by atoms with Gasteiger partial charge >= 0.3 is 5.97 Å². The number of aromatic nitrogens is 1. The highest BCUT2D eigenvalue weighted by Crippen LogP contribution is 2.29. The van der Waals surface area contributed by atoms with Gasteiger partial charge in [-0.2, -0.15) is 0 Å². The summed E-state index contributed by atoms with van der Waals surface area (Å²) >= 11 is 0. The van der Waals surface area contributed by atoms with E-state index in [9.17, 15) is 9.90 Å². The summed E-state index contributed by atoms with van der Waals surface area (Å²) in [6, 6.07) is 11.4. The van der Waals surface area contributed by atoms with Crippen molar-refractivity contribution in [2.45, 2.75) is 26.2 Å². The lowest BCUT2D eigenvalue weighted by atomic mass is 9.90. The van der Waals surface area contributed by atoms with Crippen LogP contribution in [0.2, 0.25) is 0 Å². The summed E-state index contributed by atoms with van der Waals surface area (Å²) in [6.45, 7) is 6.00. The summed E-state index contributed by atoms with van der Waals surface area (Å²) in [5.74, 6) is -0.890. The van der Waals surface area contributed by atoms with Gasteiger partial charge in [0.2, 0.25) is 0 Å². The number of aromatic carboxylic acids is 1. The molecule has 0 atom stereocenters. The van der Waals surface area contributed by atoms with Crippen LogP contribution in [0.25, 0.3) is 11.3 Å². The SMILES string of the molecule is CC(C)(C)c1[nH]c(-c2ccccc2)cc1C(=O)O. The Kier molecular flexibility index (Phi) is 2.99. The molecule has 1 aromatic carbocycles. The van der Waals surface area contributed by atoms with Gasteiger partial charge in [0.25, 0.3) is 0 Å². The predicted octanol–water partition coefficient (Wildman–Crippen LogP) is 3.68. The summed E-state index contributed by atoms with van der Waals surface area (Å²) in [5, 5.41) is 9.27. The number of H-pyrrole nitrogens is 1. The highest BCUT2D eigenvalue weighted by molar-refractivity contribution is 5.91. The van der Waals surface area contributed by atoms with Crippen LogP contribution < -0.4 is 0 Å². The number of carbonyl (C=O) groups is 1. The largest absolute Gasteiger partial charge is 0.478 e. The molecule has 0 saturated carbocycles. The Bertz CT molecular complexity index is 562. The second kappa shape index (κ2) is 4.33. The van der Waals surface area contributed by atoms with E-state index in [1.165, 1.54) is 0 Å². The Morgan fingerprint density at radius 2 is 1.78 bits per heavy atom. The van der Waals surface area contributed by atoms with Crippen LogP contribution in [0.15, 0.2) is 36.4 Å².